The number of aliphatic imine (C=N–C) groups is 1. The largest absolute Gasteiger partial charge is 0.452 e. The Bertz CT molecular complexity index is 1650. The van der Waals surface area contributed by atoms with Crippen molar-refractivity contribution in [1.82, 2.24) is 20.3 Å². The van der Waals surface area contributed by atoms with E-state index in [1.807, 2.05) is 26.8 Å². The molecule has 39 heavy (non-hydrogen) atoms. The predicted octanol–water partition coefficient (Wildman–Crippen LogP) is 5.13. The number of halogens is 2. The van der Waals surface area contributed by atoms with Crippen molar-refractivity contribution in [2.75, 3.05) is 5.32 Å². The number of hydrogen-bond acceptors (Lipinski definition) is 7. The van der Waals surface area contributed by atoms with Gasteiger partial charge in [-0.15, -0.1) is 0 Å². The molecule has 0 atom stereocenters. The lowest BCUT2D eigenvalue weighted by molar-refractivity contribution is 0.256. The maximum atomic E-state index is 14.9. The maximum Gasteiger partial charge on any atom is 0.324 e. The molecular formula is C27H25F2N7O3. The number of benzene rings is 2. The quantitative estimate of drug-likeness (QED) is 0.207. The zero-order valence-corrected chi connectivity index (χ0v) is 21.3. The molecule has 0 radical (unpaired) electrons. The van der Waals surface area contributed by atoms with Gasteiger partial charge in [0.15, 0.2) is 23.0 Å². The van der Waals surface area contributed by atoms with Crippen LogP contribution in [0, 0.1) is 17.0 Å². The fourth-order valence-corrected chi connectivity index (χ4v) is 3.20. The molecule has 12 heteroatoms. The number of carbonyl (C=O) groups excluding carboxylic acids is 1. The Morgan fingerprint density at radius 1 is 1.05 bits per heavy atom. The fraction of sp³-hybridized carbons (Fsp3) is 0.148. The highest BCUT2D eigenvalue weighted by molar-refractivity contribution is 6.08. The number of nitrogens with one attached hydrogen (secondary N) is 3. The minimum absolute atomic E-state index is 0.0398. The summed E-state index contributed by atoms with van der Waals surface area (Å²) in [6, 6.07) is 11.6. The Morgan fingerprint density at radius 3 is 2.51 bits per heavy atom. The second-order valence-electron chi connectivity index (χ2n) is 9.36. The molecule has 0 saturated carbocycles. The van der Waals surface area contributed by atoms with Gasteiger partial charge in [0.2, 0.25) is 5.82 Å². The van der Waals surface area contributed by atoms with Gasteiger partial charge in [-0.2, -0.15) is 4.39 Å². The number of aromatic amines is 1. The number of rotatable bonds is 5. The van der Waals surface area contributed by atoms with Crippen molar-refractivity contribution in [3.8, 4) is 11.5 Å². The van der Waals surface area contributed by atoms with Gasteiger partial charge < -0.3 is 20.8 Å². The number of pyridine rings is 1. The van der Waals surface area contributed by atoms with Gasteiger partial charge in [-0.3, -0.25) is 10.1 Å². The lowest BCUT2D eigenvalue weighted by atomic mass is 9.92. The number of amidine groups is 1. The molecule has 0 fully saturated rings. The Labute approximate surface area is 221 Å². The van der Waals surface area contributed by atoms with Gasteiger partial charge in [-0.25, -0.2) is 24.1 Å². The number of amides is 2. The molecule has 5 N–H and O–H groups in total. The molecule has 0 saturated heterocycles. The number of hydrogen-bond donors (Lipinski definition) is 4. The van der Waals surface area contributed by atoms with Gasteiger partial charge in [0.05, 0.1) is 17.6 Å². The van der Waals surface area contributed by atoms with Crippen LogP contribution in [0.15, 0.2) is 82.5 Å². The van der Waals surface area contributed by atoms with Crippen molar-refractivity contribution >= 4 is 34.4 Å². The van der Waals surface area contributed by atoms with Gasteiger partial charge >= 0.3 is 6.03 Å². The molecule has 0 aliphatic rings. The predicted molar refractivity (Wildman–Crippen MR) is 144 cm³/mol. The molecule has 4 rings (SSSR count). The summed E-state index contributed by atoms with van der Waals surface area (Å²) in [5, 5.41) is 4.79. The molecule has 0 bridgehead atoms. The summed E-state index contributed by atoms with van der Waals surface area (Å²) in [6.45, 7) is 5.68. The second-order valence-corrected chi connectivity index (χ2v) is 9.36. The summed E-state index contributed by atoms with van der Waals surface area (Å²) < 4.78 is 35.3. The third-order valence-electron chi connectivity index (χ3n) is 5.36. The molecule has 2 aromatic carbocycles. The number of nitrogens with zero attached hydrogens (tertiary/aromatic N) is 3. The van der Waals surface area contributed by atoms with Crippen LogP contribution in [-0.2, 0) is 0 Å². The van der Waals surface area contributed by atoms with Crippen LogP contribution in [0.1, 0.15) is 20.8 Å². The molecule has 4 aromatic rings. The van der Waals surface area contributed by atoms with Crippen LogP contribution < -0.4 is 26.7 Å². The van der Waals surface area contributed by atoms with E-state index >= 15 is 0 Å². The summed E-state index contributed by atoms with van der Waals surface area (Å²) in [5.41, 5.74) is 6.08. The average molecular weight is 534 g/mol. The summed E-state index contributed by atoms with van der Waals surface area (Å²) >= 11 is 0. The SMILES string of the molecule is CC(C)(C)/C(N)=C/C(=Nc1ccccc1)NC(=O)Nc1ccc(Oc2ccnc3[nH]c(=O)cnc23)c(F)c1F. The summed E-state index contributed by atoms with van der Waals surface area (Å²) in [4.78, 5) is 39.0. The summed E-state index contributed by atoms with van der Waals surface area (Å²) in [5.74, 6) is -3.03. The Kier molecular flexibility index (Phi) is 7.65. The van der Waals surface area contributed by atoms with Crippen LogP contribution in [0.5, 0.6) is 11.5 Å². The monoisotopic (exact) mass is 533 g/mol. The van der Waals surface area contributed by atoms with E-state index < -0.39 is 40.1 Å². The number of aromatic nitrogens is 3. The first kappa shape index (κ1) is 26.9. The van der Waals surface area contributed by atoms with E-state index in [4.69, 9.17) is 10.5 Å². The molecule has 0 aliphatic carbocycles. The average Bonchev–Trinajstić information content (AvgIpc) is 2.88. The number of para-hydroxylation sites is 1. The Balaban J connectivity index is 1.56. The van der Waals surface area contributed by atoms with Crippen LogP contribution >= 0.6 is 0 Å². The van der Waals surface area contributed by atoms with Crippen LogP contribution in [0.4, 0.5) is 25.0 Å². The molecule has 2 amide bonds. The lowest BCUT2D eigenvalue weighted by Gasteiger charge is -2.19. The highest BCUT2D eigenvalue weighted by atomic mass is 19.2. The normalized spacial score (nSPS) is 12.3. The first-order valence-corrected chi connectivity index (χ1v) is 11.7. The third kappa shape index (κ3) is 6.60. The van der Waals surface area contributed by atoms with Crippen molar-refractivity contribution in [1.29, 1.82) is 0 Å². The molecule has 0 spiro atoms. The van der Waals surface area contributed by atoms with E-state index in [0.717, 1.165) is 18.3 Å². The molecular weight excluding hydrogens is 508 g/mol. The first-order chi connectivity index (χ1) is 18.5. The molecule has 0 unspecified atom stereocenters. The van der Waals surface area contributed by atoms with Crippen molar-refractivity contribution in [2.24, 2.45) is 16.1 Å². The number of H-pyrrole nitrogens is 1. The zero-order chi connectivity index (χ0) is 28.2. The number of anilines is 1. The van der Waals surface area contributed by atoms with Gasteiger partial charge in [0.1, 0.15) is 11.4 Å². The maximum absolute atomic E-state index is 14.9. The minimum Gasteiger partial charge on any atom is -0.452 e. The fourth-order valence-electron chi connectivity index (χ4n) is 3.20. The Morgan fingerprint density at radius 2 is 1.79 bits per heavy atom. The van der Waals surface area contributed by atoms with Gasteiger partial charge in [-0.05, 0) is 24.3 Å². The van der Waals surface area contributed by atoms with Gasteiger partial charge in [-0.1, -0.05) is 39.0 Å². The number of nitrogens with two attached hydrogens (primary N) is 1. The minimum atomic E-state index is -1.35. The van der Waals surface area contributed by atoms with Crippen molar-refractivity contribution in [2.45, 2.75) is 20.8 Å². The van der Waals surface area contributed by atoms with Crippen molar-refractivity contribution in [3.63, 3.8) is 0 Å². The number of allylic oxidation sites excluding steroid dienone is 1. The zero-order valence-electron chi connectivity index (χ0n) is 21.3. The Hall–Kier alpha value is -5.13. The van der Waals surface area contributed by atoms with Gasteiger partial charge in [0, 0.05) is 29.5 Å². The van der Waals surface area contributed by atoms with E-state index in [1.165, 1.54) is 18.3 Å². The number of fused-ring (bicyclic) bond motifs is 1. The van der Waals surface area contributed by atoms with E-state index in [1.54, 1.807) is 24.3 Å². The summed E-state index contributed by atoms with van der Waals surface area (Å²) in [7, 11) is 0. The van der Waals surface area contributed by atoms with E-state index in [9.17, 15) is 18.4 Å². The van der Waals surface area contributed by atoms with Gasteiger partial charge in [0.25, 0.3) is 5.56 Å². The topological polar surface area (TPSA) is 147 Å². The smallest absolute Gasteiger partial charge is 0.324 e. The van der Waals surface area contributed by atoms with E-state index in [2.05, 4.69) is 30.6 Å². The number of urea groups is 1. The first-order valence-electron chi connectivity index (χ1n) is 11.7. The van der Waals surface area contributed by atoms with Crippen LogP contribution in [0.3, 0.4) is 0 Å². The third-order valence-corrected chi connectivity index (χ3v) is 5.36. The molecule has 2 heterocycles. The van der Waals surface area contributed by atoms with Crippen LogP contribution in [-0.4, -0.2) is 26.8 Å². The standard InChI is InChI=1S/C27H25F2N7O3/c1-27(2,3)19(30)13-20(33-15-7-5-4-6-8-15)35-26(38)34-16-9-10-17(23(29)22(16)28)39-18-11-12-31-25-24(18)32-14-21(37)36-25/h4-14H,30H2,1-3H3,(H,31,36,37)(H2,33,34,35,38)/b19-13-. The highest BCUT2D eigenvalue weighted by Gasteiger charge is 2.19. The summed E-state index contributed by atoms with van der Waals surface area (Å²) in [6.07, 6.45) is 3.83. The molecule has 10 nitrogen and oxygen atoms in total. The molecule has 0 aliphatic heterocycles. The lowest BCUT2D eigenvalue weighted by Crippen LogP contribution is -2.35. The van der Waals surface area contributed by atoms with Crippen LogP contribution in [0.25, 0.3) is 11.2 Å². The van der Waals surface area contributed by atoms with Crippen molar-refractivity contribution in [3.05, 3.63) is 94.7 Å². The van der Waals surface area contributed by atoms with E-state index in [0.29, 0.717) is 11.4 Å². The molecule has 2 aromatic heterocycles. The van der Waals surface area contributed by atoms with Crippen molar-refractivity contribution < 1.29 is 18.3 Å². The number of ether oxygens (including phenoxy) is 1. The number of carbonyl (C=O) groups is 1. The highest BCUT2D eigenvalue weighted by Crippen LogP contribution is 2.32. The second kappa shape index (κ2) is 11.1. The van der Waals surface area contributed by atoms with E-state index in [-0.39, 0.29) is 22.7 Å². The van der Waals surface area contributed by atoms with Crippen LogP contribution in [0.2, 0.25) is 0 Å². The molecule has 200 valence electrons.